The van der Waals surface area contributed by atoms with Gasteiger partial charge in [-0.2, -0.15) is 13.1 Å². The lowest BCUT2D eigenvalue weighted by atomic mass is 10.2. The van der Waals surface area contributed by atoms with Crippen LogP contribution in [0.1, 0.15) is 0 Å². The van der Waals surface area contributed by atoms with Gasteiger partial charge in [0.2, 0.25) is 5.91 Å². The molecule has 31 heavy (non-hydrogen) atoms. The molecule has 2 heterocycles. The largest absolute Gasteiger partial charge is 0.493 e. The van der Waals surface area contributed by atoms with Gasteiger partial charge in [0, 0.05) is 37.6 Å². The van der Waals surface area contributed by atoms with Crippen molar-refractivity contribution in [3.63, 3.8) is 0 Å². The number of aromatic nitrogens is 2. The lowest BCUT2D eigenvalue weighted by Crippen LogP contribution is -2.51. The van der Waals surface area contributed by atoms with Crippen LogP contribution < -0.4 is 24.8 Å². The Hall–Kier alpha value is -3.39. The van der Waals surface area contributed by atoms with E-state index in [1.165, 1.54) is 11.2 Å². The van der Waals surface area contributed by atoms with E-state index in [0.29, 0.717) is 49.0 Å². The fourth-order valence-corrected chi connectivity index (χ4v) is 3.76. The van der Waals surface area contributed by atoms with Gasteiger partial charge in [-0.15, -0.1) is 0 Å². The van der Waals surface area contributed by atoms with Gasteiger partial charge >= 0.3 is 16.4 Å². The van der Waals surface area contributed by atoms with Crippen LogP contribution in [0, 0.1) is 0 Å². The third-order valence-corrected chi connectivity index (χ3v) is 5.53. The van der Waals surface area contributed by atoms with Crippen molar-refractivity contribution in [2.45, 2.75) is 0 Å². The van der Waals surface area contributed by atoms with Crippen LogP contribution >= 0.6 is 0 Å². The van der Waals surface area contributed by atoms with Crippen molar-refractivity contribution >= 4 is 39.0 Å². The SMILES string of the molecule is COc1cc2ncnc(N3CCN(C(=O)CNS(=O)(=O)OC(N)=O)CC3)c2cc1OC. The zero-order valence-corrected chi connectivity index (χ0v) is 17.7. The molecule has 0 bridgehead atoms. The fourth-order valence-electron chi connectivity index (χ4n) is 3.19. The van der Waals surface area contributed by atoms with E-state index in [0.717, 1.165) is 5.39 Å². The first-order valence-electron chi connectivity index (χ1n) is 9.12. The molecule has 1 aliphatic heterocycles. The predicted molar refractivity (Wildman–Crippen MR) is 109 cm³/mol. The summed E-state index contributed by atoms with van der Waals surface area (Å²) < 4.78 is 39.4. The molecule has 2 amide bonds. The minimum Gasteiger partial charge on any atom is -0.493 e. The number of primary amides is 1. The molecular formula is C17H22N6O7S. The summed E-state index contributed by atoms with van der Waals surface area (Å²) in [6.07, 6.45) is -0.0332. The summed E-state index contributed by atoms with van der Waals surface area (Å²) in [5.74, 6) is 1.33. The van der Waals surface area contributed by atoms with Crippen LogP contribution in [0.25, 0.3) is 10.9 Å². The molecule has 1 aromatic heterocycles. The van der Waals surface area contributed by atoms with Gasteiger partial charge in [0.1, 0.15) is 12.1 Å². The maximum atomic E-state index is 12.3. The number of hydrogen-bond donors (Lipinski definition) is 2. The van der Waals surface area contributed by atoms with Crippen LogP contribution in [0.5, 0.6) is 11.5 Å². The number of piperazine rings is 1. The highest BCUT2D eigenvalue weighted by atomic mass is 32.2. The van der Waals surface area contributed by atoms with Gasteiger partial charge in [0.25, 0.3) is 0 Å². The van der Waals surface area contributed by atoms with Crippen molar-refractivity contribution in [1.29, 1.82) is 0 Å². The monoisotopic (exact) mass is 454 g/mol. The Kier molecular flexibility index (Phi) is 6.60. The number of carbonyl (C=O) groups excluding carboxylic acids is 2. The summed E-state index contributed by atoms with van der Waals surface area (Å²) in [4.78, 5) is 35.0. The maximum absolute atomic E-state index is 12.3. The van der Waals surface area contributed by atoms with E-state index in [4.69, 9.17) is 9.47 Å². The summed E-state index contributed by atoms with van der Waals surface area (Å²) in [5.41, 5.74) is 5.35. The number of amides is 2. The average molecular weight is 454 g/mol. The highest BCUT2D eigenvalue weighted by Gasteiger charge is 2.25. The standard InChI is InChI=1S/C17H22N6O7S/c1-28-13-7-11-12(8-14(13)29-2)19-10-20-16(11)23-5-3-22(4-6-23)15(24)9-21-31(26,27)30-17(18)25/h7-8,10,21H,3-6,9H2,1-2H3,(H2,18,25). The van der Waals surface area contributed by atoms with Gasteiger partial charge < -0.3 is 29.2 Å². The van der Waals surface area contributed by atoms with Crippen LogP contribution in [0.4, 0.5) is 10.6 Å². The minimum absolute atomic E-state index is 0.343. The van der Waals surface area contributed by atoms with Gasteiger partial charge in [-0.25, -0.2) is 14.8 Å². The topological polar surface area (TPSA) is 166 Å². The smallest absolute Gasteiger partial charge is 0.421 e. The van der Waals surface area contributed by atoms with Crippen molar-refractivity contribution in [3.8, 4) is 11.5 Å². The summed E-state index contributed by atoms with van der Waals surface area (Å²) in [7, 11) is -1.34. The maximum Gasteiger partial charge on any atom is 0.421 e. The minimum atomic E-state index is -4.43. The molecule has 0 radical (unpaired) electrons. The fraction of sp³-hybridized carbons (Fsp3) is 0.412. The second-order valence-electron chi connectivity index (χ2n) is 6.47. The Morgan fingerprint density at radius 2 is 1.74 bits per heavy atom. The molecule has 0 unspecified atom stereocenters. The van der Waals surface area contributed by atoms with Gasteiger partial charge in [-0.05, 0) is 6.07 Å². The predicted octanol–water partition coefficient (Wildman–Crippen LogP) is -0.775. The molecule has 0 spiro atoms. The number of benzene rings is 1. The van der Waals surface area contributed by atoms with Crippen LogP contribution in [-0.4, -0.2) is 82.2 Å². The molecule has 0 saturated carbocycles. The first-order valence-corrected chi connectivity index (χ1v) is 10.5. The van der Waals surface area contributed by atoms with Gasteiger partial charge in [0.15, 0.2) is 11.5 Å². The molecule has 0 aliphatic carbocycles. The summed E-state index contributed by atoms with van der Waals surface area (Å²) >= 11 is 0. The van der Waals surface area contributed by atoms with Gasteiger partial charge in [-0.3, -0.25) is 4.79 Å². The number of methoxy groups -OCH3 is 2. The van der Waals surface area contributed by atoms with Crippen LogP contribution in [0.2, 0.25) is 0 Å². The summed E-state index contributed by atoms with van der Waals surface area (Å²) in [5, 5.41) is 0.774. The van der Waals surface area contributed by atoms with Crippen molar-refractivity contribution in [3.05, 3.63) is 18.5 Å². The molecule has 3 N–H and O–H groups in total. The number of nitrogens with two attached hydrogens (primary N) is 1. The number of fused-ring (bicyclic) bond motifs is 1. The van der Waals surface area contributed by atoms with E-state index in [-0.39, 0.29) is 0 Å². The Balaban J connectivity index is 1.67. The van der Waals surface area contributed by atoms with Crippen LogP contribution in [-0.2, 0) is 19.3 Å². The second-order valence-corrected chi connectivity index (χ2v) is 7.83. The number of hydrogen-bond acceptors (Lipinski definition) is 10. The van der Waals surface area contributed by atoms with E-state index in [9.17, 15) is 18.0 Å². The Morgan fingerprint density at radius 3 is 2.35 bits per heavy atom. The molecule has 1 aliphatic rings. The Morgan fingerprint density at radius 1 is 1.10 bits per heavy atom. The molecule has 3 rings (SSSR count). The third kappa shape index (κ3) is 5.21. The van der Waals surface area contributed by atoms with E-state index >= 15 is 0 Å². The summed E-state index contributed by atoms with van der Waals surface area (Å²) in [6, 6.07) is 3.56. The van der Waals surface area contributed by atoms with Crippen molar-refractivity contribution < 1.29 is 31.7 Å². The van der Waals surface area contributed by atoms with Crippen molar-refractivity contribution in [1.82, 2.24) is 19.6 Å². The quantitative estimate of drug-likeness (QED) is 0.542. The van der Waals surface area contributed by atoms with E-state index < -0.39 is 28.8 Å². The zero-order valence-electron chi connectivity index (χ0n) is 16.9. The Bertz CT molecular complexity index is 1090. The number of carbonyl (C=O) groups is 2. The highest BCUT2D eigenvalue weighted by molar-refractivity contribution is 7.85. The lowest BCUT2D eigenvalue weighted by molar-refractivity contribution is -0.130. The number of ether oxygens (including phenoxy) is 2. The molecule has 14 heteroatoms. The van der Waals surface area contributed by atoms with E-state index in [1.807, 2.05) is 9.62 Å². The molecule has 13 nitrogen and oxygen atoms in total. The molecule has 1 aromatic carbocycles. The van der Waals surface area contributed by atoms with Crippen molar-refractivity contribution in [2.24, 2.45) is 5.73 Å². The molecule has 1 saturated heterocycles. The number of nitrogens with one attached hydrogen (secondary N) is 1. The van der Waals surface area contributed by atoms with Crippen LogP contribution in [0.3, 0.4) is 0 Å². The highest BCUT2D eigenvalue weighted by Crippen LogP contribution is 2.34. The first kappa shape index (κ1) is 22.3. The van der Waals surface area contributed by atoms with Crippen molar-refractivity contribution in [2.75, 3.05) is 51.8 Å². The third-order valence-electron chi connectivity index (χ3n) is 4.64. The van der Waals surface area contributed by atoms with E-state index in [1.54, 1.807) is 26.4 Å². The zero-order chi connectivity index (χ0) is 22.6. The second kappa shape index (κ2) is 9.18. The molecule has 2 aromatic rings. The van der Waals surface area contributed by atoms with Gasteiger partial charge in [-0.1, -0.05) is 0 Å². The lowest BCUT2D eigenvalue weighted by Gasteiger charge is -2.35. The first-order chi connectivity index (χ1) is 14.7. The molecule has 0 atom stereocenters. The number of rotatable bonds is 7. The van der Waals surface area contributed by atoms with Crippen LogP contribution in [0.15, 0.2) is 18.5 Å². The number of anilines is 1. The number of nitrogens with zero attached hydrogens (tertiary/aromatic N) is 4. The summed E-state index contributed by atoms with van der Waals surface area (Å²) in [6.45, 7) is 1.07. The van der Waals surface area contributed by atoms with Gasteiger partial charge in [0.05, 0.1) is 26.3 Å². The average Bonchev–Trinajstić information content (AvgIpc) is 2.75. The molecular weight excluding hydrogens is 432 g/mol. The Labute approximate surface area is 178 Å². The van der Waals surface area contributed by atoms with E-state index in [2.05, 4.69) is 19.9 Å². The molecule has 168 valence electrons. The molecule has 1 fully saturated rings. The normalized spacial score (nSPS) is 14.4.